The van der Waals surface area contributed by atoms with Crippen LogP contribution in [0.25, 0.3) is 0 Å². The van der Waals surface area contributed by atoms with Gasteiger partial charge in [-0.05, 0) is 12.5 Å². The first-order valence-corrected chi connectivity index (χ1v) is 7.33. The number of alkyl carbamates (subject to hydrolysis) is 1. The van der Waals surface area contributed by atoms with Crippen molar-refractivity contribution in [3.8, 4) is 0 Å². The zero-order chi connectivity index (χ0) is 15.7. The molecule has 0 spiro atoms. The van der Waals surface area contributed by atoms with Crippen LogP contribution < -0.4 is 5.32 Å². The molecule has 0 aliphatic carbocycles. The average molecular weight is 311 g/mol. The maximum absolute atomic E-state index is 11.6. The molecule has 7 heteroatoms. The highest BCUT2D eigenvalue weighted by molar-refractivity contribution is 8.13. The van der Waals surface area contributed by atoms with Crippen LogP contribution in [0.5, 0.6) is 0 Å². The van der Waals surface area contributed by atoms with Gasteiger partial charge in [0.2, 0.25) is 5.12 Å². The predicted octanol–water partition coefficient (Wildman–Crippen LogP) is 2.04. The molecule has 1 aromatic rings. The van der Waals surface area contributed by atoms with Crippen LogP contribution >= 0.6 is 11.8 Å². The van der Waals surface area contributed by atoms with Crippen molar-refractivity contribution >= 4 is 28.9 Å². The Balaban J connectivity index is 2.26. The monoisotopic (exact) mass is 311 g/mol. The third kappa shape index (κ3) is 7.36. The molecule has 0 aromatic heterocycles. The Morgan fingerprint density at radius 3 is 2.57 bits per heavy atom. The van der Waals surface area contributed by atoms with Crippen molar-refractivity contribution in [2.45, 2.75) is 26.0 Å². The first-order valence-electron chi connectivity index (χ1n) is 6.34. The molecule has 21 heavy (non-hydrogen) atoms. The van der Waals surface area contributed by atoms with Crippen molar-refractivity contribution in [2.75, 3.05) is 5.75 Å². The molecule has 0 aliphatic heterocycles. The third-order valence-corrected chi connectivity index (χ3v) is 3.51. The molecule has 0 heterocycles. The van der Waals surface area contributed by atoms with E-state index in [2.05, 4.69) is 5.32 Å². The number of carbonyl (C=O) groups is 3. The summed E-state index contributed by atoms with van der Waals surface area (Å²) in [6, 6.07) is 8.45. The van der Waals surface area contributed by atoms with E-state index >= 15 is 0 Å². The van der Waals surface area contributed by atoms with Crippen LogP contribution in [0.1, 0.15) is 18.9 Å². The molecular formula is C14H17NO5S. The Kier molecular flexibility index (Phi) is 7.31. The number of carboxylic acid groups (broad SMARTS) is 1. The summed E-state index contributed by atoms with van der Waals surface area (Å²) in [4.78, 5) is 33.5. The van der Waals surface area contributed by atoms with Gasteiger partial charge in [-0.25, -0.2) is 4.79 Å². The smallest absolute Gasteiger partial charge is 0.408 e. The summed E-state index contributed by atoms with van der Waals surface area (Å²) in [5.41, 5.74) is 0.850. The van der Waals surface area contributed by atoms with Gasteiger partial charge < -0.3 is 15.2 Å². The summed E-state index contributed by atoms with van der Waals surface area (Å²) in [5, 5.41) is 10.6. The number of carbonyl (C=O) groups excluding carboxylic acids is 2. The fraction of sp³-hybridized carbons (Fsp3) is 0.357. The Bertz CT molecular complexity index is 491. The zero-order valence-corrected chi connectivity index (χ0v) is 12.4. The molecule has 114 valence electrons. The van der Waals surface area contributed by atoms with E-state index in [1.165, 1.54) is 6.92 Å². The van der Waals surface area contributed by atoms with E-state index in [1.807, 2.05) is 30.3 Å². The molecule has 0 unspecified atom stereocenters. The van der Waals surface area contributed by atoms with Crippen LogP contribution in [0.3, 0.4) is 0 Å². The Morgan fingerprint density at radius 2 is 1.95 bits per heavy atom. The van der Waals surface area contributed by atoms with Gasteiger partial charge in [0.25, 0.3) is 0 Å². The van der Waals surface area contributed by atoms with Gasteiger partial charge >= 0.3 is 12.1 Å². The number of thioether (sulfide) groups is 1. The van der Waals surface area contributed by atoms with Crippen molar-refractivity contribution in [2.24, 2.45) is 0 Å². The van der Waals surface area contributed by atoms with Crippen LogP contribution in [0.2, 0.25) is 0 Å². The minimum Gasteiger partial charge on any atom is -0.481 e. The van der Waals surface area contributed by atoms with Gasteiger partial charge in [0.15, 0.2) is 0 Å². The molecule has 1 aromatic carbocycles. The standard InChI is InChI=1S/C14H17NO5S/c1-10(13(18)21-8-7-12(16)17)15-14(19)20-9-11-5-3-2-4-6-11/h2-6,10H,7-9H2,1H3,(H,15,19)(H,16,17)/t10-/m0/s1. The van der Waals surface area contributed by atoms with E-state index < -0.39 is 18.1 Å². The number of carboxylic acids is 1. The number of nitrogens with one attached hydrogen (secondary N) is 1. The molecule has 1 atom stereocenters. The number of aliphatic carboxylic acids is 1. The van der Waals surface area contributed by atoms with Gasteiger partial charge in [0.1, 0.15) is 6.61 Å². The largest absolute Gasteiger partial charge is 0.481 e. The quantitative estimate of drug-likeness (QED) is 0.800. The van der Waals surface area contributed by atoms with Crippen LogP contribution in [-0.2, 0) is 20.9 Å². The molecule has 0 fully saturated rings. The Labute approximate surface area is 126 Å². The molecule has 1 rings (SSSR count). The Morgan fingerprint density at radius 1 is 1.29 bits per heavy atom. The molecule has 2 N–H and O–H groups in total. The summed E-state index contributed by atoms with van der Waals surface area (Å²) < 4.78 is 4.99. The second-order valence-electron chi connectivity index (χ2n) is 4.24. The van der Waals surface area contributed by atoms with E-state index in [0.717, 1.165) is 17.3 Å². The molecule has 0 aliphatic rings. The van der Waals surface area contributed by atoms with E-state index in [9.17, 15) is 14.4 Å². The maximum Gasteiger partial charge on any atom is 0.408 e. The first kappa shape index (κ1) is 17.0. The number of hydrogen-bond acceptors (Lipinski definition) is 5. The van der Waals surface area contributed by atoms with Gasteiger partial charge in [0.05, 0.1) is 12.5 Å². The summed E-state index contributed by atoms with van der Waals surface area (Å²) in [5.74, 6) is -0.780. The second-order valence-corrected chi connectivity index (χ2v) is 5.34. The molecule has 0 bridgehead atoms. The minimum absolute atomic E-state index is 0.0957. The van der Waals surface area contributed by atoms with Gasteiger partial charge in [-0.1, -0.05) is 42.1 Å². The van der Waals surface area contributed by atoms with Crippen LogP contribution in [0, 0.1) is 0 Å². The van der Waals surface area contributed by atoms with Crippen molar-refractivity contribution in [1.82, 2.24) is 5.32 Å². The highest BCUT2D eigenvalue weighted by Gasteiger charge is 2.17. The lowest BCUT2D eigenvalue weighted by atomic mass is 10.2. The van der Waals surface area contributed by atoms with Crippen LogP contribution in [0.15, 0.2) is 30.3 Å². The third-order valence-electron chi connectivity index (χ3n) is 2.46. The normalized spacial score (nSPS) is 11.5. The Hall–Kier alpha value is -2.02. The second kappa shape index (κ2) is 9.02. The highest BCUT2D eigenvalue weighted by atomic mass is 32.2. The van der Waals surface area contributed by atoms with Gasteiger partial charge in [-0.15, -0.1) is 0 Å². The van der Waals surface area contributed by atoms with Gasteiger partial charge in [0, 0.05) is 5.75 Å². The molecular weight excluding hydrogens is 294 g/mol. The molecule has 1 amide bonds. The van der Waals surface area contributed by atoms with Crippen LogP contribution in [0.4, 0.5) is 4.79 Å². The van der Waals surface area contributed by atoms with E-state index in [0.29, 0.717) is 0 Å². The van der Waals surface area contributed by atoms with Gasteiger partial charge in [-0.2, -0.15) is 0 Å². The average Bonchev–Trinajstić information content (AvgIpc) is 2.45. The lowest BCUT2D eigenvalue weighted by molar-refractivity contribution is -0.136. The molecule has 0 saturated heterocycles. The van der Waals surface area contributed by atoms with Gasteiger partial charge in [-0.3, -0.25) is 9.59 Å². The summed E-state index contributed by atoms with van der Waals surface area (Å²) in [7, 11) is 0. The summed E-state index contributed by atoms with van der Waals surface area (Å²) in [6.45, 7) is 1.65. The highest BCUT2D eigenvalue weighted by Crippen LogP contribution is 2.08. The zero-order valence-electron chi connectivity index (χ0n) is 11.6. The SMILES string of the molecule is C[C@H](NC(=O)OCc1ccccc1)C(=O)SCCC(=O)O. The summed E-state index contributed by atoms with van der Waals surface area (Å²) in [6.07, 6.45) is -0.778. The maximum atomic E-state index is 11.6. The molecule has 6 nitrogen and oxygen atoms in total. The minimum atomic E-state index is -0.960. The molecule has 0 saturated carbocycles. The van der Waals surface area contributed by atoms with Crippen molar-refractivity contribution in [3.63, 3.8) is 0 Å². The number of amides is 1. The van der Waals surface area contributed by atoms with Crippen molar-refractivity contribution in [3.05, 3.63) is 35.9 Å². The van der Waals surface area contributed by atoms with E-state index in [1.54, 1.807) is 0 Å². The fourth-order valence-electron chi connectivity index (χ4n) is 1.36. The summed E-state index contributed by atoms with van der Waals surface area (Å²) >= 11 is 0.879. The number of rotatable bonds is 7. The van der Waals surface area contributed by atoms with Crippen molar-refractivity contribution < 1.29 is 24.2 Å². The predicted molar refractivity (Wildman–Crippen MR) is 78.9 cm³/mol. The van der Waals surface area contributed by atoms with E-state index in [-0.39, 0.29) is 23.9 Å². The number of benzene rings is 1. The van der Waals surface area contributed by atoms with Crippen molar-refractivity contribution in [1.29, 1.82) is 0 Å². The van der Waals surface area contributed by atoms with Crippen LogP contribution in [-0.4, -0.2) is 34.1 Å². The number of ether oxygens (including phenoxy) is 1. The molecule has 0 radical (unpaired) electrons. The lowest BCUT2D eigenvalue weighted by Gasteiger charge is -2.12. The topological polar surface area (TPSA) is 92.7 Å². The first-order chi connectivity index (χ1) is 9.99. The lowest BCUT2D eigenvalue weighted by Crippen LogP contribution is -2.37. The van der Waals surface area contributed by atoms with E-state index in [4.69, 9.17) is 9.84 Å². The number of hydrogen-bond donors (Lipinski definition) is 2. The fourth-order valence-corrected chi connectivity index (χ4v) is 2.15.